The number of para-hydroxylation sites is 1. The van der Waals surface area contributed by atoms with Crippen molar-refractivity contribution in [1.29, 1.82) is 0 Å². The van der Waals surface area contributed by atoms with E-state index in [0.717, 1.165) is 43.5 Å². The van der Waals surface area contributed by atoms with Crippen LogP contribution in [0.5, 0.6) is 0 Å². The number of ether oxygens (including phenoxy) is 2. The van der Waals surface area contributed by atoms with E-state index in [1.165, 1.54) is 0 Å². The Kier molecular flexibility index (Phi) is 11.2. The summed E-state index contributed by atoms with van der Waals surface area (Å²) >= 11 is 13.5. The third-order valence-corrected chi connectivity index (χ3v) is 12.2. The first kappa shape index (κ1) is 37.1. The molecular formula is C39H49Cl2N5O6. The van der Waals surface area contributed by atoms with Crippen molar-refractivity contribution in [3.8, 4) is 0 Å². The Hall–Kier alpha value is -3.19. The number of aliphatic carboxylic acids is 1. The van der Waals surface area contributed by atoms with Gasteiger partial charge in [-0.25, -0.2) is 0 Å². The Bertz CT molecular complexity index is 1790. The first-order valence-corrected chi connectivity index (χ1v) is 19.3. The number of fused-ring (bicyclic) bond motifs is 1. The number of nitrogens with zero attached hydrogens (tertiary/aromatic N) is 4. The van der Waals surface area contributed by atoms with Crippen molar-refractivity contribution in [2.75, 3.05) is 44.6 Å². The fourth-order valence-electron chi connectivity index (χ4n) is 8.67. The molecule has 7 rings (SSSR count). The number of aromatic nitrogens is 1. The van der Waals surface area contributed by atoms with E-state index in [1.807, 2.05) is 40.8 Å². The lowest BCUT2D eigenvalue weighted by Gasteiger charge is -2.50. The molecule has 280 valence electrons. The number of nitrogens with one attached hydrogen (secondary N) is 1. The molecule has 11 nitrogen and oxygen atoms in total. The molecule has 4 aliphatic rings. The highest BCUT2D eigenvalue weighted by Gasteiger charge is 2.44. The highest BCUT2D eigenvalue weighted by Crippen LogP contribution is 2.34. The number of carbonyl (C=O) groups is 3. The Balaban J connectivity index is 1.01. The Labute approximate surface area is 315 Å². The SMILES string of the molecule is C[C@@H]1CN(C2CN([C@H]3C[C@@H](COC4CCC(C(=O)O)CC4)N(C(=O)Cc4cc(Cl)c(NC(=O)c5cn(C)c6ccccc56)cc4Cl)C3)C2)C[C@H](C)O1. The second-order valence-corrected chi connectivity index (χ2v) is 16.1. The first-order chi connectivity index (χ1) is 24.9. The van der Waals surface area contributed by atoms with Crippen molar-refractivity contribution >= 4 is 57.6 Å². The van der Waals surface area contributed by atoms with Crippen molar-refractivity contribution in [2.45, 2.75) is 88.8 Å². The Morgan fingerprint density at radius 3 is 2.33 bits per heavy atom. The van der Waals surface area contributed by atoms with Gasteiger partial charge in [0.15, 0.2) is 0 Å². The second kappa shape index (κ2) is 15.7. The average molecular weight is 755 g/mol. The topological polar surface area (TPSA) is 117 Å². The summed E-state index contributed by atoms with van der Waals surface area (Å²) < 4.78 is 14.2. The zero-order valence-electron chi connectivity index (χ0n) is 30.1. The van der Waals surface area contributed by atoms with Crippen LogP contribution in [0.25, 0.3) is 10.9 Å². The Morgan fingerprint density at radius 1 is 0.923 bits per heavy atom. The second-order valence-electron chi connectivity index (χ2n) is 15.3. The van der Waals surface area contributed by atoms with Gasteiger partial charge in [-0.05, 0) is 69.7 Å². The zero-order chi connectivity index (χ0) is 36.7. The van der Waals surface area contributed by atoms with Gasteiger partial charge in [-0.1, -0.05) is 41.4 Å². The number of carboxylic acid groups (broad SMARTS) is 1. The van der Waals surface area contributed by atoms with Gasteiger partial charge in [0.2, 0.25) is 5.91 Å². The molecule has 4 atom stereocenters. The van der Waals surface area contributed by atoms with Gasteiger partial charge in [-0.2, -0.15) is 0 Å². The molecule has 2 N–H and O–H groups in total. The van der Waals surface area contributed by atoms with E-state index in [4.69, 9.17) is 32.7 Å². The van der Waals surface area contributed by atoms with E-state index in [-0.39, 0.29) is 54.5 Å². The fraction of sp³-hybridized carbons (Fsp3) is 0.564. The number of amides is 2. The highest BCUT2D eigenvalue weighted by molar-refractivity contribution is 6.36. The monoisotopic (exact) mass is 753 g/mol. The largest absolute Gasteiger partial charge is 0.481 e. The summed E-state index contributed by atoms with van der Waals surface area (Å²) in [5.74, 6) is -1.39. The molecule has 1 aliphatic carbocycles. The molecule has 3 aromatic rings. The summed E-state index contributed by atoms with van der Waals surface area (Å²) in [5.41, 5.74) is 2.44. The maximum atomic E-state index is 14.1. The third kappa shape index (κ3) is 8.00. The van der Waals surface area contributed by atoms with Crippen LogP contribution in [0.15, 0.2) is 42.6 Å². The number of carboxylic acids is 1. The van der Waals surface area contributed by atoms with Crippen molar-refractivity contribution in [1.82, 2.24) is 19.3 Å². The van der Waals surface area contributed by atoms with E-state index in [1.54, 1.807) is 18.3 Å². The summed E-state index contributed by atoms with van der Waals surface area (Å²) in [6.45, 7) is 9.08. The predicted molar refractivity (Wildman–Crippen MR) is 201 cm³/mol. The van der Waals surface area contributed by atoms with E-state index < -0.39 is 5.97 Å². The molecule has 1 aromatic heterocycles. The lowest BCUT2D eigenvalue weighted by molar-refractivity contribution is -0.144. The van der Waals surface area contributed by atoms with Crippen LogP contribution in [0.3, 0.4) is 0 Å². The molecule has 0 bridgehead atoms. The van der Waals surface area contributed by atoms with E-state index in [0.29, 0.717) is 71.7 Å². The molecule has 0 spiro atoms. The standard InChI is InChI=1S/C39H49Cl2N5O6/c1-23-16-44(17-24(2)52-23)29-18-45(19-29)27-14-28(22-51-30-10-8-25(9-11-30)39(49)50)46(20-27)37(47)13-26-12-34(41)35(15-33(26)40)42-38(48)32-21-43(3)36-7-5-4-6-31(32)36/h4-7,12,15,21,23-25,27-30H,8-11,13-14,16-20,22H2,1-3H3,(H,42,48)(H,49,50)/t23-,24+,25?,27-,28-,30?/m0/s1. The lowest BCUT2D eigenvalue weighted by Crippen LogP contribution is -2.65. The first-order valence-electron chi connectivity index (χ1n) is 18.5. The van der Waals surface area contributed by atoms with E-state index in [9.17, 15) is 19.5 Å². The van der Waals surface area contributed by atoms with E-state index >= 15 is 0 Å². The minimum Gasteiger partial charge on any atom is -0.481 e. The molecule has 2 amide bonds. The number of likely N-dealkylation sites (tertiary alicyclic amines) is 2. The summed E-state index contributed by atoms with van der Waals surface area (Å²) in [4.78, 5) is 45.8. The van der Waals surface area contributed by atoms with Gasteiger partial charge >= 0.3 is 5.97 Å². The predicted octanol–water partition coefficient (Wildman–Crippen LogP) is 5.70. The van der Waals surface area contributed by atoms with E-state index in [2.05, 4.69) is 29.0 Å². The summed E-state index contributed by atoms with van der Waals surface area (Å²) in [6.07, 6.45) is 5.75. The van der Waals surface area contributed by atoms with Gasteiger partial charge in [-0.3, -0.25) is 24.2 Å². The molecular weight excluding hydrogens is 705 g/mol. The molecule has 2 aromatic carbocycles. The number of morpholine rings is 1. The van der Waals surface area contributed by atoms with Crippen LogP contribution in [-0.2, 0) is 32.5 Å². The number of hydrogen-bond acceptors (Lipinski definition) is 7. The number of anilines is 1. The van der Waals surface area contributed by atoms with Crippen LogP contribution >= 0.6 is 23.2 Å². The summed E-state index contributed by atoms with van der Waals surface area (Å²) in [7, 11) is 1.90. The number of benzene rings is 2. The zero-order valence-corrected chi connectivity index (χ0v) is 31.6. The molecule has 1 saturated carbocycles. The average Bonchev–Trinajstić information content (AvgIpc) is 3.66. The Morgan fingerprint density at radius 2 is 1.62 bits per heavy atom. The summed E-state index contributed by atoms with van der Waals surface area (Å²) in [5, 5.41) is 13.8. The molecule has 4 fully saturated rings. The maximum Gasteiger partial charge on any atom is 0.306 e. The van der Waals surface area contributed by atoms with Crippen LogP contribution < -0.4 is 5.32 Å². The number of carbonyl (C=O) groups excluding carboxylic acids is 2. The quantitative estimate of drug-likeness (QED) is 0.271. The molecule has 3 aliphatic heterocycles. The number of hydrogen-bond donors (Lipinski definition) is 2. The van der Waals surface area contributed by atoms with Gasteiger partial charge in [0.25, 0.3) is 5.91 Å². The van der Waals surface area contributed by atoms with Gasteiger partial charge in [-0.15, -0.1) is 0 Å². The summed E-state index contributed by atoms with van der Waals surface area (Å²) in [6, 6.07) is 11.6. The fourth-order valence-corrected chi connectivity index (χ4v) is 9.14. The van der Waals surface area contributed by atoms with Gasteiger partial charge in [0, 0.05) is 74.0 Å². The molecule has 4 heterocycles. The molecule has 0 radical (unpaired) electrons. The van der Waals surface area contributed by atoms with Crippen LogP contribution in [0.1, 0.15) is 61.9 Å². The normalized spacial score (nSPS) is 27.5. The van der Waals surface area contributed by atoms with Crippen LogP contribution in [-0.4, -0.2) is 118 Å². The van der Waals surface area contributed by atoms with Gasteiger partial charge < -0.3 is 29.4 Å². The van der Waals surface area contributed by atoms with Crippen LogP contribution in [0.2, 0.25) is 10.0 Å². The number of aryl methyl sites for hydroxylation is 1. The maximum absolute atomic E-state index is 14.1. The third-order valence-electron chi connectivity index (χ3n) is 11.5. The van der Waals surface area contributed by atoms with Crippen molar-refractivity contribution in [2.24, 2.45) is 13.0 Å². The smallest absolute Gasteiger partial charge is 0.306 e. The van der Waals surface area contributed by atoms with Crippen LogP contribution in [0, 0.1) is 5.92 Å². The van der Waals surface area contributed by atoms with Crippen molar-refractivity contribution in [3.05, 3.63) is 63.8 Å². The molecule has 0 unspecified atom stereocenters. The number of rotatable bonds is 10. The molecule has 52 heavy (non-hydrogen) atoms. The minimum atomic E-state index is -0.735. The molecule has 13 heteroatoms. The van der Waals surface area contributed by atoms with Gasteiger partial charge in [0.1, 0.15) is 0 Å². The minimum absolute atomic E-state index is 0.00447. The van der Waals surface area contributed by atoms with Crippen molar-refractivity contribution in [3.63, 3.8) is 0 Å². The van der Waals surface area contributed by atoms with Crippen LogP contribution in [0.4, 0.5) is 5.69 Å². The molecule has 3 saturated heterocycles. The lowest BCUT2D eigenvalue weighted by atomic mass is 9.87. The van der Waals surface area contributed by atoms with Gasteiger partial charge in [0.05, 0.1) is 59.6 Å². The number of halogens is 2. The van der Waals surface area contributed by atoms with Crippen molar-refractivity contribution < 1.29 is 29.0 Å². The highest BCUT2D eigenvalue weighted by atomic mass is 35.5.